The van der Waals surface area contributed by atoms with Gasteiger partial charge in [0.2, 0.25) is 0 Å². The Hall–Kier alpha value is -3.66. The number of nitrogens with one attached hydrogen (secondary N) is 2. The van der Waals surface area contributed by atoms with E-state index in [0.29, 0.717) is 60.8 Å². The maximum atomic E-state index is 7.15. The molecule has 0 atom stereocenters. The fourth-order valence-electron chi connectivity index (χ4n) is 18.7. The summed E-state index contributed by atoms with van der Waals surface area (Å²) in [5.74, 6) is 4.02. The third-order valence-corrected chi connectivity index (χ3v) is 43.1. The number of unbranched alkanes of at least 4 members (excludes halogenated alkanes) is 40. The van der Waals surface area contributed by atoms with Crippen molar-refractivity contribution in [3.05, 3.63) is 75.8 Å². The van der Waals surface area contributed by atoms with Gasteiger partial charge in [0.05, 0.1) is 65.5 Å². The SMILES string of the molecule is CCCCCCCCOc1cc2c(cc1OCCCCCCCC)-c1nc-2nc2[nH]c(nc3nc(nc4[nH]c(n1)c1c(CCCCCCCC)c5c(c(CCCCCCCC)c41)SC(=C1SC(SC)=C(SC)S1)S5)c1c(CCCCCCCC)c4sc(=C5SC(SC)=C(SC)S5)sc4c(CCCCCCCC)c31)c1cc(OCCCCCCCC)c(OCCCCCCCC)cc21. The fourth-order valence-corrected chi connectivity index (χ4v) is 35.1. The molecule has 9 aromatic rings. The van der Waals surface area contributed by atoms with Gasteiger partial charge in [0, 0.05) is 53.2 Å². The Balaban J connectivity index is 1.20. The van der Waals surface area contributed by atoms with Crippen LogP contribution in [0.2, 0.25) is 0 Å². The number of aryl methyl sites for hydroxylation is 4. The van der Waals surface area contributed by atoms with E-state index in [0.717, 1.165) is 201 Å². The summed E-state index contributed by atoms with van der Waals surface area (Å²) >= 11 is 23.6. The molecule has 0 saturated carbocycles. The summed E-state index contributed by atoms with van der Waals surface area (Å²) in [4.78, 5) is 48.1. The predicted molar refractivity (Wildman–Crippen MR) is 600 cm³/mol. The average Bonchev–Trinajstić information content (AvgIpc) is 1.55. The maximum Gasteiger partial charge on any atom is 0.165 e. The standard InChI is InChI=1S/C108H154N8O4S12/c1-13-21-29-37-45-53-61-73-85-87(75(63-55-47-39-31-23-15-3)91-89(73)125-105(127-91)107-129-101(121-9)102(122-10)130-107)99-114-97(85)112-95-79-71-83(119-67-59-51-43-35-27-19-7)81(117-65-57-49-41-33-25-17-5)69-77(79)93(110-95)109-94-78-70-82(118-66-58-50-42-34-26-18-6)84(120-68-60-52-44-36-28-20-8)72-80(78)96(111-94)113-98-86-74(62-54-46-38-30-22-14-2)90-92(128-106(126-90)108-131-103(123-11)104(124-12)132-108)76(88(86)100(115-98)116-99)64-56-48-40-32-24-16-4/h69-72H,13-68H2,1-12H3,(H2,109,110,111,112,113,114,115,116). The molecule has 13 rings (SSSR count). The summed E-state index contributed by atoms with van der Waals surface area (Å²) in [5, 5.41) is 6.39. The summed E-state index contributed by atoms with van der Waals surface area (Å²) in [6.45, 7) is 20.9. The van der Waals surface area contributed by atoms with Crippen LogP contribution < -0.4 is 22.8 Å². The van der Waals surface area contributed by atoms with E-state index in [1.165, 1.54) is 286 Å². The lowest BCUT2D eigenvalue weighted by Gasteiger charge is -2.15. The normalized spacial score (nSPS) is 13.8. The van der Waals surface area contributed by atoms with Gasteiger partial charge in [0.15, 0.2) is 45.9 Å². The largest absolute Gasteiger partial charge is 0.490 e. The van der Waals surface area contributed by atoms with Crippen molar-refractivity contribution in [2.24, 2.45) is 0 Å². The lowest BCUT2D eigenvalue weighted by Crippen LogP contribution is -2.03. The summed E-state index contributed by atoms with van der Waals surface area (Å²) in [5.41, 5.74) is 11.5. The Morgan fingerprint density at radius 3 is 0.886 bits per heavy atom. The molecular weight excluding hydrogens is 1860 g/mol. The number of hydrogen-bond donors (Lipinski definition) is 2. The molecule has 8 bridgehead atoms. The van der Waals surface area contributed by atoms with Crippen LogP contribution in [-0.4, -0.2) is 91.3 Å². The second-order valence-electron chi connectivity index (χ2n) is 36.5. The summed E-state index contributed by atoms with van der Waals surface area (Å²) < 4.78 is 42.5. The van der Waals surface area contributed by atoms with Crippen LogP contribution in [0.25, 0.3) is 103 Å². The molecule has 12 nitrogen and oxygen atoms in total. The van der Waals surface area contributed by atoms with Crippen molar-refractivity contribution >= 4 is 220 Å². The van der Waals surface area contributed by atoms with Gasteiger partial charge in [-0.3, -0.25) is 0 Å². The van der Waals surface area contributed by atoms with Gasteiger partial charge in [0.25, 0.3) is 0 Å². The van der Waals surface area contributed by atoms with E-state index < -0.39 is 0 Å². The van der Waals surface area contributed by atoms with Crippen molar-refractivity contribution in [2.75, 3.05) is 51.5 Å². The average molecular weight is 2010 g/mol. The highest BCUT2D eigenvalue weighted by Gasteiger charge is 2.36. The Labute approximate surface area is 843 Å². The van der Waals surface area contributed by atoms with Gasteiger partial charge in [-0.1, -0.05) is 383 Å². The van der Waals surface area contributed by atoms with Crippen LogP contribution in [0.1, 0.15) is 386 Å². The lowest BCUT2D eigenvalue weighted by molar-refractivity contribution is 0.258. The van der Waals surface area contributed by atoms with E-state index in [1.54, 1.807) is 0 Å². The van der Waals surface area contributed by atoms with Crippen molar-refractivity contribution in [1.82, 2.24) is 39.9 Å². The molecule has 0 spiro atoms. The summed E-state index contributed by atoms with van der Waals surface area (Å²) in [6, 6.07) is 8.84. The van der Waals surface area contributed by atoms with Crippen LogP contribution in [0.5, 0.6) is 23.0 Å². The third kappa shape index (κ3) is 28.4. The molecule has 132 heavy (non-hydrogen) atoms. The van der Waals surface area contributed by atoms with Crippen molar-refractivity contribution in [2.45, 2.75) is 399 Å². The van der Waals surface area contributed by atoms with Crippen LogP contribution in [0, 0.1) is 0 Å². The van der Waals surface area contributed by atoms with Crippen LogP contribution in [0.15, 0.2) is 59.5 Å². The summed E-state index contributed by atoms with van der Waals surface area (Å²) in [6.07, 6.45) is 69.1. The molecule has 0 aliphatic carbocycles. The fraction of sp³-hybridized carbons (Fsp3) is 0.630. The lowest BCUT2D eigenvalue weighted by atomic mass is 9.94. The number of aromatic nitrogens is 8. The minimum atomic E-state index is 0.545. The first kappa shape index (κ1) is 106. The predicted octanol–water partition coefficient (Wildman–Crippen LogP) is 38.1. The van der Waals surface area contributed by atoms with Crippen LogP contribution in [0.4, 0.5) is 0 Å². The highest BCUT2D eigenvalue weighted by Crippen LogP contribution is 2.66. The van der Waals surface area contributed by atoms with Crippen molar-refractivity contribution in [1.29, 1.82) is 0 Å². The van der Waals surface area contributed by atoms with E-state index in [2.05, 4.69) is 115 Å². The van der Waals surface area contributed by atoms with Crippen molar-refractivity contribution < 1.29 is 18.9 Å². The smallest absolute Gasteiger partial charge is 0.165 e. The number of fused-ring (bicyclic) bond motifs is 22. The Morgan fingerprint density at radius 2 is 0.538 bits per heavy atom. The number of H-pyrrole nitrogens is 2. The van der Waals surface area contributed by atoms with E-state index in [1.807, 2.05) is 140 Å². The molecule has 0 amide bonds. The second-order valence-corrected chi connectivity index (χ2v) is 50.0. The molecule has 0 unspecified atom stereocenters. The van der Waals surface area contributed by atoms with Crippen LogP contribution in [-0.2, 0) is 25.7 Å². The maximum absolute atomic E-state index is 7.15. The number of hydrogen-bond acceptors (Lipinski definition) is 22. The second kappa shape index (κ2) is 57.3. The first-order valence-corrected chi connectivity index (χ1v) is 63.2. The quantitative estimate of drug-likeness (QED) is 0.0348. The number of aromatic amines is 2. The Morgan fingerprint density at radius 1 is 0.265 bits per heavy atom. The van der Waals surface area contributed by atoms with Gasteiger partial charge in [-0.25, -0.2) is 29.9 Å². The highest BCUT2D eigenvalue weighted by molar-refractivity contribution is 8.46. The Kier molecular flexibility index (Phi) is 45.9. The zero-order valence-corrected chi connectivity index (χ0v) is 91.9. The number of ether oxygens (including phenoxy) is 4. The number of benzene rings is 4. The zero-order valence-electron chi connectivity index (χ0n) is 82.1. The summed E-state index contributed by atoms with van der Waals surface area (Å²) in [7, 11) is 0. The molecule has 0 fully saturated rings. The topological polar surface area (TPSA) is 146 Å². The molecule has 2 N–H and O–H groups in total. The van der Waals surface area contributed by atoms with Crippen molar-refractivity contribution in [3.63, 3.8) is 0 Å². The monoisotopic (exact) mass is 2010 g/mol. The van der Waals surface area contributed by atoms with Gasteiger partial charge in [-0.05, 0) is 149 Å². The molecule has 4 aliphatic rings. The van der Waals surface area contributed by atoms with E-state index >= 15 is 0 Å². The number of thioether (sulfide) groups is 10. The third-order valence-electron chi connectivity index (χ3n) is 26.1. The van der Waals surface area contributed by atoms with Gasteiger partial charge >= 0.3 is 0 Å². The molecule has 0 radical (unpaired) electrons. The molecule has 24 heteroatoms. The van der Waals surface area contributed by atoms with E-state index in [4.69, 9.17) is 48.9 Å². The molecule has 722 valence electrons. The zero-order chi connectivity index (χ0) is 92.2. The van der Waals surface area contributed by atoms with Crippen LogP contribution >= 0.6 is 140 Å². The molecule has 9 heterocycles. The van der Waals surface area contributed by atoms with Crippen LogP contribution in [0.3, 0.4) is 0 Å². The molecule has 4 aromatic carbocycles. The highest BCUT2D eigenvalue weighted by atomic mass is 32.3. The Bertz CT molecular complexity index is 5500. The first-order chi connectivity index (χ1) is 65.0. The minimum absolute atomic E-state index is 0.545. The molecule has 0 saturated heterocycles. The molecule has 4 aliphatic heterocycles. The van der Waals surface area contributed by atoms with E-state index in [9.17, 15) is 0 Å². The van der Waals surface area contributed by atoms with Gasteiger partial charge in [0.1, 0.15) is 26.4 Å². The van der Waals surface area contributed by atoms with Gasteiger partial charge in [-0.2, -0.15) is 0 Å². The van der Waals surface area contributed by atoms with E-state index in [-0.39, 0.29) is 0 Å². The molecular formula is C108H154N8O4S12. The first-order valence-electron chi connectivity index (χ1n) is 51.8. The number of nitrogens with zero attached hydrogens (tertiary/aromatic N) is 6. The molecule has 5 aromatic heterocycles. The van der Waals surface area contributed by atoms with Crippen molar-refractivity contribution in [3.8, 4) is 45.8 Å². The van der Waals surface area contributed by atoms with Gasteiger partial charge in [-0.15, -0.1) is 69.7 Å². The minimum Gasteiger partial charge on any atom is -0.490 e. The number of rotatable bonds is 64. The van der Waals surface area contributed by atoms with Gasteiger partial charge < -0.3 is 28.9 Å².